The van der Waals surface area contributed by atoms with Gasteiger partial charge in [0.1, 0.15) is 0 Å². The first-order valence-corrected chi connectivity index (χ1v) is 7.44. The zero-order chi connectivity index (χ0) is 13.7. The van der Waals surface area contributed by atoms with Crippen molar-refractivity contribution in [2.75, 3.05) is 53.0 Å². The second kappa shape index (κ2) is 7.55. The van der Waals surface area contributed by atoms with E-state index < -0.39 is 6.10 Å². The number of fused-ring (bicyclic) bond motifs is 1. The SMILES string of the molecule is COCC(C)OCC(O)CN1CCN2CCCC2C1. The van der Waals surface area contributed by atoms with E-state index in [1.165, 1.54) is 19.4 Å². The molecule has 3 unspecified atom stereocenters. The lowest BCUT2D eigenvalue weighted by Gasteiger charge is -2.38. The number of rotatable bonds is 7. The third-order valence-electron chi connectivity index (χ3n) is 4.11. The van der Waals surface area contributed by atoms with E-state index in [1.54, 1.807) is 7.11 Å². The van der Waals surface area contributed by atoms with Gasteiger partial charge in [-0.05, 0) is 26.3 Å². The van der Waals surface area contributed by atoms with Gasteiger partial charge in [-0.2, -0.15) is 0 Å². The average molecular weight is 272 g/mol. The van der Waals surface area contributed by atoms with Gasteiger partial charge < -0.3 is 14.6 Å². The molecule has 2 aliphatic rings. The Labute approximate surface area is 116 Å². The molecule has 2 aliphatic heterocycles. The fourth-order valence-electron chi connectivity index (χ4n) is 3.13. The summed E-state index contributed by atoms with van der Waals surface area (Å²) in [4.78, 5) is 4.96. The molecule has 0 bridgehead atoms. The van der Waals surface area contributed by atoms with Gasteiger partial charge in [0.2, 0.25) is 0 Å². The lowest BCUT2D eigenvalue weighted by molar-refractivity contribution is -0.0442. The van der Waals surface area contributed by atoms with Gasteiger partial charge >= 0.3 is 0 Å². The van der Waals surface area contributed by atoms with Gasteiger partial charge in [-0.25, -0.2) is 0 Å². The summed E-state index contributed by atoms with van der Waals surface area (Å²) in [6.07, 6.45) is 2.30. The number of hydrogen-bond donors (Lipinski definition) is 1. The average Bonchev–Trinajstić information content (AvgIpc) is 2.84. The van der Waals surface area contributed by atoms with E-state index in [2.05, 4.69) is 9.80 Å². The molecule has 5 heteroatoms. The molecular formula is C14H28N2O3. The Kier molecular flexibility index (Phi) is 6.04. The standard InChI is InChI=1S/C14H28N2O3/c1-12(10-18-2)19-11-14(17)9-15-6-7-16-5-3-4-13(16)8-15/h12-14,17H,3-11H2,1-2H3. The number of ether oxygens (including phenoxy) is 2. The summed E-state index contributed by atoms with van der Waals surface area (Å²) in [5.74, 6) is 0. The lowest BCUT2D eigenvalue weighted by atomic mass is 10.1. The zero-order valence-electron chi connectivity index (χ0n) is 12.3. The lowest BCUT2D eigenvalue weighted by Crippen LogP contribution is -2.52. The Morgan fingerprint density at radius 1 is 1.26 bits per heavy atom. The van der Waals surface area contributed by atoms with Crippen LogP contribution in [0.3, 0.4) is 0 Å². The van der Waals surface area contributed by atoms with Crippen LogP contribution >= 0.6 is 0 Å². The summed E-state index contributed by atoms with van der Waals surface area (Å²) in [5.41, 5.74) is 0. The summed E-state index contributed by atoms with van der Waals surface area (Å²) in [6.45, 7) is 8.25. The summed E-state index contributed by atoms with van der Waals surface area (Å²) >= 11 is 0. The van der Waals surface area contributed by atoms with Crippen LogP contribution in [0.15, 0.2) is 0 Å². The molecule has 0 amide bonds. The number of piperazine rings is 1. The van der Waals surface area contributed by atoms with Crippen LogP contribution in [0, 0.1) is 0 Å². The molecule has 0 aromatic carbocycles. The molecular weight excluding hydrogens is 244 g/mol. The molecule has 19 heavy (non-hydrogen) atoms. The first-order valence-electron chi connectivity index (χ1n) is 7.44. The number of nitrogens with zero attached hydrogens (tertiary/aromatic N) is 2. The van der Waals surface area contributed by atoms with Gasteiger partial charge in [0.25, 0.3) is 0 Å². The van der Waals surface area contributed by atoms with Gasteiger partial charge in [0.15, 0.2) is 0 Å². The van der Waals surface area contributed by atoms with Crippen molar-refractivity contribution >= 4 is 0 Å². The minimum atomic E-state index is -0.396. The summed E-state index contributed by atoms with van der Waals surface area (Å²) in [6, 6.07) is 0.717. The third kappa shape index (κ3) is 4.68. The highest BCUT2D eigenvalue weighted by Gasteiger charge is 2.31. The summed E-state index contributed by atoms with van der Waals surface area (Å²) in [5, 5.41) is 10.0. The van der Waals surface area contributed by atoms with Crippen LogP contribution in [0.1, 0.15) is 19.8 Å². The van der Waals surface area contributed by atoms with E-state index in [4.69, 9.17) is 9.47 Å². The quantitative estimate of drug-likeness (QED) is 0.716. The van der Waals surface area contributed by atoms with Crippen LogP contribution in [0.25, 0.3) is 0 Å². The van der Waals surface area contributed by atoms with Gasteiger partial charge in [-0.1, -0.05) is 0 Å². The third-order valence-corrected chi connectivity index (χ3v) is 4.11. The highest BCUT2D eigenvalue weighted by molar-refractivity contribution is 4.87. The summed E-state index contributed by atoms with van der Waals surface area (Å²) in [7, 11) is 1.66. The number of methoxy groups -OCH3 is 1. The van der Waals surface area contributed by atoms with E-state index in [0.717, 1.165) is 26.2 Å². The number of hydrogen-bond acceptors (Lipinski definition) is 5. The maximum Gasteiger partial charge on any atom is 0.0900 e. The molecule has 5 nitrogen and oxygen atoms in total. The van der Waals surface area contributed by atoms with Crippen LogP contribution in [-0.4, -0.2) is 86.2 Å². The van der Waals surface area contributed by atoms with Crippen molar-refractivity contribution in [2.24, 2.45) is 0 Å². The monoisotopic (exact) mass is 272 g/mol. The van der Waals surface area contributed by atoms with Crippen LogP contribution in [-0.2, 0) is 9.47 Å². The van der Waals surface area contributed by atoms with E-state index in [0.29, 0.717) is 19.3 Å². The highest BCUT2D eigenvalue weighted by Crippen LogP contribution is 2.21. The molecule has 2 fully saturated rings. The Balaban J connectivity index is 1.63. The zero-order valence-corrected chi connectivity index (χ0v) is 12.3. The first-order chi connectivity index (χ1) is 9.19. The molecule has 2 saturated heterocycles. The maximum absolute atomic E-state index is 10.0. The minimum absolute atomic E-state index is 0.0475. The van der Waals surface area contributed by atoms with Crippen LogP contribution in [0.4, 0.5) is 0 Å². The predicted molar refractivity (Wildman–Crippen MR) is 74.3 cm³/mol. The normalized spacial score (nSPS) is 28.3. The van der Waals surface area contributed by atoms with E-state index in [9.17, 15) is 5.11 Å². The molecule has 2 rings (SSSR count). The van der Waals surface area contributed by atoms with Crippen molar-refractivity contribution in [1.82, 2.24) is 9.80 Å². The Morgan fingerprint density at radius 3 is 2.89 bits per heavy atom. The molecule has 112 valence electrons. The van der Waals surface area contributed by atoms with Gasteiger partial charge in [0, 0.05) is 39.3 Å². The molecule has 0 spiro atoms. The fourth-order valence-corrected chi connectivity index (χ4v) is 3.13. The van der Waals surface area contributed by atoms with Crippen molar-refractivity contribution in [1.29, 1.82) is 0 Å². The minimum Gasteiger partial charge on any atom is -0.389 e. The molecule has 0 saturated carbocycles. The van der Waals surface area contributed by atoms with Crippen LogP contribution in [0.5, 0.6) is 0 Å². The molecule has 0 radical (unpaired) electrons. The molecule has 0 aliphatic carbocycles. The second-order valence-electron chi connectivity index (χ2n) is 5.84. The first kappa shape index (κ1) is 15.2. The molecule has 0 aromatic rings. The van der Waals surface area contributed by atoms with Gasteiger partial charge in [-0.15, -0.1) is 0 Å². The molecule has 2 heterocycles. The molecule has 3 atom stereocenters. The smallest absolute Gasteiger partial charge is 0.0900 e. The highest BCUT2D eigenvalue weighted by atomic mass is 16.5. The van der Waals surface area contributed by atoms with Crippen LogP contribution < -0.4 is 0 Å². The number of β-amino-alcohol motifs (C(OH)–C–C–N with tert-alkyl or cyclic N) is 1. The fraction of sp³-hybridized carbons (Fsp3) is 1.00. The topological polar surface area (TPSA) is 45.2 Å². The van der Waals surface area contributed by atoms with Crippen LogP contribution in [0.2, 0.25) is 0 Å². The van der Waals surface area contributed by atoms with Crippen molar-refractivity contribution in [3.8, 4) is 0 Å². The van der Waals surface area contributed by atoms with Crippen molar-refractivity contribution in [3.63, 3.8) is 0 Å². The van der Waals surface area contributed by atoms with Gasteiger partial charge in [0.05, 0.1) is 25.4 Å². The molecule has 0 aromatic heterocycles. The van der Waals surface area contributed by atoms with Crippen molar-refractivity contribution < 1.29 is 14.6 Å². The number of aliphatic hydroxyl groups is 1. The second-order valence-corrected chi connectivity index (χ2v) is 5.84. The largest absolute Gasteiger partial charge is 0.389 e. The Bertz CT molecular complexity index is 265. The van der Waals surface area contributed by atoms with Gasteiger partial charge in [-0.3, -0.25) is 9.80 Å². The van der Waals surface area contributed by atoms with E-state index in [1.807, 2.05) is 6.92 Å². The maximum atomic E-state index is 10.0. The van der Waals surface area contributed by atoms with Crippen molar-refractivity contribution in [3.05, 3.63) is 0 Å². The van der Waals surface area contributed by atoms with Crippen molar-refractivity contribution in [2.45, 2.75) is 38.0 Å². The summed E-state index contributed by atoms with van der Waals surface area (Å²) < 4.78 is 10.6. The Morgan fingerprint density at radius 2 is 2.11 bits per heavy atom. The van der Waals surface area contributed by atoms with E-state index in [-0.39, 0.29) is 6.10 Å². The molecule has 1 N–H and O–H groups in total. The predicted octanol–water partition coefficient (Wildman–Crippen LogP) is 0.179. The Hall–Kier alpha value is -0.200. The number of aliphatic hydroxyl groups excluding tert-OH is 1. The van der Waals surface area contributed by atoms with E-state index >= 15 is 0 Å².